The number of aliphatic hydroxyl groups excluding tert-OH is 2. The lowest BCUT2D eigenvalue weighted by Crippen LogP contribution is -2.48. The van der Waals surface area contributed by atoms with Crippen LogP contribution in [0.3, 0.4) is 0 Å². The van der Waals surface area contributed by atoms with Gasteiger partial charge in [0.15, 0.2) is 11.6 Å². The van der Waals surface area contributed by atoms with E-state index >= 15 is 0 Å². The number of hydrogen-bond acceptors (Lipinski definition) is 5. The maximum atomic E-state index is 13.3. The van der Waals surface area contributed by atoms with Gasteiger partial charge in [-0.3, -0.25) is 9.59 Å². The van der Waals surface area contributed by atoms with Crippen molar-refractivity contribution >= 4 is 11.6 Å². The van der Waals surface area contributed by atoms with Crippen molar-refractivity contribution in [3.8, 4) is 0 Å². The molecule has 0 aromatic carbocycles. The highest BCUT2D eigenvalue weighted by molar-refractivity contribution is 6.24. The van der Waals surface area contributed by atoms with Gasteiger partial charge in [0.25, 0.3) is 0 Å². The minimum Gasteiger partial charge on any atom is -0.507 e. The van der Waals surface area contributed by atoms with E-state index in [4.69, 9.17) is 4.74 Å². The molecule has 3 atom stereocenters. The number of carbonyl (C=O) groups is 2. The summed E-state index contributed by atoms with van der Waals surface area (Å²) in [4.78, 5) is 26.2. The number of carbonyl (C=O) groups excluding carboxylic acids is 2. The maximum absolute atomic E-state index is 13.3. The first-order valence-corrected chi connectivity index (χ1v) is 12.1. The number of Topliss-reactive ketones (excluding diaryl/α,β-unsaturated/α-hetero) is 2. The molecule has 0 spiro atoms. The fraction of sp³-hybridized carbons (Fsp3) is 0.643. The van der Waals surface area contributed by atoms with Crippen molar-refractivity contribution in [2.75, 3.05) is 0 Å². The topological polar surface area (TPSA) is 83.8 Å². The summed E-state index contributed by atoms with van der Waals surface area (Å²) in [5, 5.41) is 21.8. The average molecular weight is 457 g/mol. The van der Waals surface area contributed by atoms with E-state index in [-0.39, 0.29) is 34.2 Å². The summed E-state index contributed by atoms with van der Waals surface area (Å²) in [6, 6.07) is 0. The lowest BCUT2D eigenvalue weighted by atomic mass is 9.67. The summed E-state index contributed by atoms with van der Waals surface area (Å²) < 4.78 is 6.64. The molecular weight excluding hydrogens is 416 g/mol. The largest absolute Gasteiger partial charge is 0.507 e. The van der Waals surface area contributed by atoms with Crippen molar-refractivity contribution in [3.63, 3.8) is 0 Å². The number of ether oxygens (including phenoxy) is 1. The van der Waals surface area contributed by atoms with Crippen LogP contribution in [0.2, 0.25) is 0 Å². The molecule has 0 bridgehead atoms. The SMILES string of the molecule is C=C1CC[C@@H]2CC3=C(O[C@@]2(C)C/C=C\C(C)(C)C[C@@H]1O)C(C)(C)C(=O)C(C(=O)C(C)C)=C3O. The van der Waals surface area contributed by atoms with Gasteiger partial charge in [0.2, 0.25) is 0 Å². The molecular formula is C28H40O5. The Hall–Kier alpha value is -2.14. The van der Waals surface area contributed by atoms with Crippen LogP contribution in [0.4, 0.5) is 0 Å². The Balaban J connectivity index is 2.10. The van der Waals surface area contributed by atoms with E-state index in [0.29, 0.717) is 37.0 Å². The molecule has 0 radical (unpaired) electrons. The molecule has 0 aromatic rings. The second kappa shape index (κ2) is 8.57. The van der Waals surface area contributed by atoms with Crippen molar-refractivity contribution < 1.29 is 24.5 Å². The van der Waals surface area contributed by atoms with Crippen LogP contribution in [0.15, 0.2) is 47.0 Å². The smallest absolute Gasteiger partial charge is 0.183 e. The number of fused-ring (bicyclic) bond motifs is 1. The van der Waals surface area contributed by atoms with Crippen molar-refractivity contribution in [2.45, 2.75) is 92.3 Å². The van der Waals surface area contributed by atoms with Gasteiger partial charge in [0.05, 0.1) is 11.5 Å². The highest BCUT2D eigenvalue weighted by Gasteiger charge is 2.52. The van der Waals surface area contributed by atoms with Gasteiger partial charge in [-0.05, 0) is 57.4 Å². The fourth-order valence-electron chi connectivity index (χ4n) is 5.30. The second-order valence-electron chi connectivity index (χ2n) is 11.8. The third-order valence-electron chi connectivity index (χ3n) is 7.68. The first-order chi connectivity index (χ1) is 15.1. The zero-order valence-electron chi connectivity index (χ0n) is 21.2. The third-order valence-corrected chi connectivity index (χ3v) is 7.68. The van der Waals surface area contributed by atoms with Crippen LogP contribution in [-0.2, 0) is 14.3 Å². The van der Waals surface area contributed by atoms with E-state index < -0.39 is 23.0 Å². The number of hydrogen-bond donors (Lipinski definition) is 2. The molecule has 0 saturated heterocycles. The molecule has 0 saturated carbocycles. The predicted molar refractivity (Wildman–Crippen MR) is 129 cm³/mol. The van der Waals surface area contributed by atoms with Crippen LogP contribution in [0.1, 0.15) is 80.6 Å². The van der Waals surface area contributed by atoms with Gasteiger partial charge >= 0.3 is 0 Å². The molecule has 2 N–H and O–H groups in total. The predicted octanol–water partition coefficient (Wildman–Crippen LogP) is 5.76. The van der Waals surface area contributed by atoms with Crippen molar-refractivity contribution in [1.29, 1.82) is 0 Å². The molecule has 1 heterocycles. The maximum Gasteiger partial charge on any atom is 0.183 e. The summed E-state index contributed by atoms with van der Waals surface area (Å²) in [6.45, 7) is 17.4. The Morgan fingerprint density at radius 1 is 1.21 bits per heavy atom. The summed E-state index contributed by atoms with van der Waals surface area (Å²) in [5.41, 5.74) is -0.543. The van der Waals surface area contributed by atoms with Crippen molar-refractivity contribution in [3.05, 3.63) is 47.0 Å². The fourth-order valence-corrected chi connectivity index (χ4v) is 5.30. The molecule has 5 heteroatoms. The molecule has 0 aromatic heterocycles. The van der Waals surface area contributed by atoms with Crippen LogP contribution in [0.5, 0.6) is 0 Å². The number of allylic oxidation sites excluding steroid dienone is 4. The van der Waals surface area contributed by atoms with Gasteiger partial charge < -0.3 is 14.9 Å². The average Bonchev–Trinajstić information content (AvgIpc) is 2.71. The summed E-state index contributed by atoms with van der Waals surface area (Å²) in [6.07, 6.45) is 6.78. The lowest BCUT2D eigenvalue weighted by molar-refractivity contribution is -0.132. The monoisotopic (exact) mass is 456 g/mol. The normalized spacial score (nSPS) is 33.1. The molecule has 33 heavy (non-hydrogen) atoms. The van der Waals surface area contributed by atoms with Gasteiger partial charge in [0, 0.05) is 23.8 Å². The molecule has 0 unspecified atom stereocenters. The second-order valence-corrected chi connectivity index (χ2v) is 11.8. The first kappa shape index (κ1) is 25.5. The van der Waals surface area contributed by atoms with Gasteiger partial charge in [-0.15, -0.1) is 0 Å². The minimum atomic E-state index is -1.04. The zero-order chi connectivity index (χ0) is 24.9. The number of ketones is 2. The number of rotatable bonds is 2. The summed E-state index contributed by atoms with van der Waals surface area (Å²) in [5.74, 6) is -0.841. The van der Waals surface area contributed by atoms with E-state index in [1.165, 1.54) is 0 Å². The molecule has 2 aliphatic carbocycles. The highest BCUT2D eigenvalue weighted by atomic mass is 16.5. The Morgan fingerprint density at radius 2 is 1.85 bits per heavy atom. The van der Waals surface area contributed by atoms with Gasteiger partial charge in [-0.2, -0.15) is 0 Å². The summed E-state index contributed by atoms with van der Waals surface area (Å²) >= 11 is 0. The molecule has 0 amide bonds. The molecule has 5 nitrogen and oxygen atoms in total. The number of aliphatic hydroxyl groups is 2. The zero-order valence-corrected chi connectivity index (χ0v) is 21.2. The van der Waals surface area contributed by atoms with Crippen molar-refractivity contribution in [1.82, 2.24) is 0 Å². The lowest BCUT2D eigenvalue weighted by Gasteiger charge is -2.48. The molecule has 182 valence electrons. The molecule has 3 aliphatic rings. The third kappa shape index (κ3) is 4.62. The Labute approximate surface area is 198 Å². The molecule has 1 aliphatic heterocycles. The van der Waals surface area contributed by atoms with Crippen LogP contribution in [0, 0.1) is 22.7 Å². The van der Waals surface area contributed by atoms with E-state index in [1.54, 1.807) is 27.7 Å². The van der Waals surface area contributed by atoms with Crippen LogP contribution in [0.25, 0.3) is 0 Å². The van der Waals surface area contributed by atoms with Gasteiger partial charge in [-0.25, -0.2) is 0 Å². The van der Waals surface area contributed by atoms with E-state index in [2.05, 4.69) is 39.5 Å². The van der Waals surface area contributed by atoms with E-state index in [9.17, 15) is 19.8 Å². The Bertz CT molecular complexity index is 959. The van der Waals surface area contributed by atoms with Gasteiger partial charge in [-0.1, -0.05) is 46.4 Å². The Morgan fingerprint density at radius 3 is 2.45 bits per heavy atom. The highest BCUT2D eigenvalue weighted by Crippen LogP contribution is 2.52. The minimum absolute atomic E-state index is 0.0209. The first-order valence-electron chi connectivity index (χ1n) is 12.1. The van der Waals surface area contributed by atoms with Crippen LogP contribution < -0.4 is 0 Å². The Kier molecular flexibility index (Phi) is 6.62. The summed E-state index contributed by atoms with van der Waals surface area (Å²) in [7, 11) is 0. The van der Waals surface area contributed by atoms with E-state index in [1.807, 2.05) is 0 Å². The molecule has 0 fully saturated rings. The van der Waals surface area contributed by atoms with Crippen molar-refractivity contribution in [2.24, 2.45) is 22.7 Å². The van der Waals surface area contributed by atoms with E-state index in [0.717, 1.165) is 12.0 Å². The van der Waals surface area contributed by atoms with Crippen LogP contribution >= 0.6 is 0 Å². The standard InChI is InChI=1S/C28H40O5/c1-16(2)22(30)21-23(31)19-14-18-11-10-17(3)20(29)15-26(4,5)12-9-13-28(18,8)33-25(19)27(6,7)24(21)32/h9,12,16,18,20,29,31H,3,10-11,13-15H2,1-2,4-8H3/b12-9-/t18-,20+,28+/m1/s1. The quantitative estimate of drug-likeness (QED) is 0.408. The van der Waals surface area contributed by atoms with Gasteiger partial charge in [0.1, 0.15) is 22.7 Å². The van der Waals surface area contributed by atoms with Crippen LogP contribution in [-0.4, -0.2) is 33.5 Å². The molecule has 3 rings (SSSR count).